The third kappa shape index (κ3) is 3.46. The second kappa shape index (κ2) is 6.90. The highest BCUT2D eigenvalue weighted by Gasteiger charge is 2.24. The molecule has 1 aromatic carbocycles. The van der Waals surface area contributed by atoms with Crippen molar-refractivity contribution in [3.05, 3.63) is 24.3 Å². The summed E-state index contributed by atoms with van der Waals surface area (Å²) in [5, 5.41) is 3.51. The standard InChI is InChI=1S/C17H26N4O/c1-18-17(19-13-14-7-8-14)21-11-9-20(10-12-21)15-5-3-4-6-16(15)22-2/h3-6,14H,7-13H2,1-2H3,(H,18,19). The fourth-order valence-electron chi connectivity index (χ4n) is 2.94. The molecule has 0 unspecified atom stereocenters. The zero-order valence-electron chi connectivity index (χ0n) is 13.6. The molecule has 0 atom stereocenters. The summed E-state index contributed by atoms with van der Waals surface area (Å²) in [4.78, 5) is 9.18. The van der Waals surface area contributed by atoms with E-state index >= 15 is 0 Å². The summed E-state index contributed by atoms with van der Waals surface area (Å²) in [5.74, 6) is 2.87. The van der Waals surface area contributed by atoms with Crippen LogP contribution in [-0.4, -0.2) is 57.7 Å². The van der Waals surface area contributed by atoms with Crippen LogP contribution in [0.5, 0.6) is 5.75 Å². The molecule has 3 rings (SSSR count). The van der Waals surface area contributed by atoms with E-state index in [1.165, 1.54) is 18.5 Å². The molecule has 1 aliphatic carbocycles. The van der Waals surface area contributed by atoms with Gasteiger partial charge in [-0.1, -0.05) is 12.1 Å². The summed E-state index contributed by atoms with van der Waals surface area (Å²) < 4.78 is 5.47. The van der Waals surface area contributed by atoms with Gasteiger partial charge in [0.15, 0.2) is 5.96 Å². The number of guanidine groups is 1. The van der Waals surface area contributed by atoms with Gasteiger partial charge >= 0.3 is 0 Å². The number of rotatable bonds is 4. The minimum atomic E-state index is 0.867. The third-order valence-corrected chi connectivity index (χ3v) is 4.46. The predicted molar refractivity (Wildman–Crippen MR) is 90.9 cm³/mol. The van der Waals surface area contributed by atoms with Gasteiger partial charge in [-0.2, -0.15) is 0 Å². The number of nitrogens with zero attached hydrogens (tertiary/aromatic N) is 3. The van der Waals surface area contributed by atoms with Crippen LogP contribution in [0, 0.1) is 5.92 Å². The Morgan fingerprint density at radius 1 is 1.23 bits per heavy atom. The number of aliphatic imine (C=N–C) groups is 1. The van der Waals surface area contributed by atoms with E-state index in [1.54, 1.807) is 7.11 Å². The van der Waals surface area contributed by atoms with Crippen molar-refractivity contribution in [3.8, 4) is 5.75 Å². The SMILES string of the molecule is CN=C(NCC1CC1)N1CCN(c2ccccc2OC)CC1. The smallest absolute Gasteiger partial charge is 0.193 e. The summed E-state index contributed by atoms with van der Waals surface area (Å²) in [6.45, 7) is 5.03. The van der Waals surface area contributed by atoms with Crippen molar-refractivity contribution in [3.63, 3.8) is 0 Å². The maximum atomic E-state index is 5.47. The molecule has 0 aromatic heterocycles. The molecular weight excluding hydrogens is 276 g/mol. The molecule has 120 valence electrons. The van der Waals surface area contributed by atoms with Crippen LogP contribution in [0.3, 0.4) is 0 Å². The Bertz CT molecular complexity index is 519. The van der Waals surface area contributed by atoms with E-state index in [-0.39, 0.29) is 0 Å². The molecule has 0 spiro atoms. The summed E-state index contributed by atoms with van der Waals surface area (Å²) in [7, 11) is 3.61. The van der Waals surface area contributed by atoms with Gasteiger partial charge in [-0.25, -0.2) is 0 Å². The molecule has 1 N–H and O–H groups in total. The van der Waals surface area contributed by atoms with E-state index in [9.17, 15) is 0 Å². The van der Waals surface area contributed by atoms with E-state index in [1.807, 2.05) is 19.2 Å². The van der Waals surface area contributed by atoms with Crippen LogP contribution in [0.25, 0.3) is 0 Å². The highest BCUT2D eigenvalue weighted by atomic mass is 16.5. The lowest BCUT2D eigenvalue weighted by atomic mass is 10.2. The molecular formula is C17H26N4O. The lowest BCUT2D eigenvalue weighted by Gasteiger charge is -2.38. The van der Waals surface area contributed by atoms with Crippen molar-refractivity contribution in [2.45, 2.75) is 12.8 Å². The van der Waals surface area contributed by atoms with Crippen LogP contribution in [0.15, 0.2) is 29.3 Å². The predicted octanol–water partition coefficient (Wildman–Crippen LogP) is 1.80. The molecule has 1 saturated heterocycles. The number of ether oxygens (including phenoxy) is 1. The van der Waals surface area contributed by atoms with Gasteiger partial charge in [0.25, 0.3) is 0 Å². The monoisotopic (exact) mass is 302 g/mol. The highest BCUT2D eigenvalue weighted by molar-refractivity contribution is 5.80. The van der Waals surface area contributed by atoms with E-state index in [4.69, 9.17) is 4.74 Å². The fourth-order valence-corrected chi connectivity index (χ4v) is 2.94. The zero-order chi connectivity index (χ0) is 15.4. The van der Waals surface area contributed by atoms with E-state index in [0.29, 0.717) is 0 Å². The molecule has 2 aliphatic rings. The average molecular weight is 302 g/mol. The van der Waals surface area contributed by atoms with Crippen LogP contribution >= 0.6 is 0 Å². The van der Waals surface area contributed by atoms with Gasteiger partial charge in [-0.3, -0.25) is 4.99 Å². The van der Waals surface area contributed by atoms with Gasteiger partial charge < -0.3 is 19.9 Å². The Kier molecular flexibility index (Phi) is 4.71. The molecule has 1 aromatic rings. The number of benzene rings is 1. The number of nitrogens with one attached hydrogen (secondary N) is 1. The quantitative estimate of drug-likeness (QED) is 0.680. The van der Waals surface area contributed by atoms with Crippen LogP contribution in [0.1, 0.15) is 12.8 Å². The Morgan fingerprint density at radius 2 is 1.95 bits per heavy atom. The molecule has 1 saturated carbocycles. The van der Waals surface area contributed by atoms with Gasteiger partial charge in [-0.05, 0) is 30.9 Å². The van der Waals surface area contributed by atoms with Crippen molar-refractivity contribution in [1.29, 1.82) is 0 Å². The van der Waals surface area contributed by atoms with Crippen LogP contribution in [0.4, 0.5) is 5.69 Å². The van der Waals surface area contributed by atoms with E-state index < -0.39 is 0 Å². The Balaban J connectivity index is 1.57. The van der Waals surface area contributed by atoms with Gasteiger partial charge in [0.2, 0.25) is 0 Å². The van der Waals surface area contributed by atoms with Crippen molar-refractivity contribution < 1.29 is 4.74 Å². The summed E-state index contributed by atoms with van der Waals surface area (Å²) in [6.07, 6.45) is 2.73. The van der Waals surface area contributed by atoms with Gasteiger partial charge in [0.05, 0.1) is 12.8 Å². The molecule has 0 amide bonds. The highest BCUT2D eigenvalue weighted by Crippen LogP contribution is 2.29. The molecule has 1 heterocycles. The maximum Gasteiger partial charge on any atom is 0.193 e. The Labute approximate surface area is 133 Å². The number of piperazine rings is 1. The third-order valence-electron chi connectivity index (χ3n) is 4.46. The van der Waals surface area contributed by atoms with E-state index in [2.05, 4.69) is 32.2 Å². The molecule has 0 radical (unpaired) electrons. The molecule has 22 heavy (non-hydrogen) atoms. The molecule has 0 bridgehead atoms. The molecule has 5 heteroatoms. The Hall–Kier alpha value is -1.91. The zero-order valence-corrected chi connectivity index (χ0v) is 13.6. The number of para-hydroxylation sites is 2. The minimum absolute atomic E-state index is 0.867. The van der Waals surface area contributed by atoms with Crippen LogP contribution in [0.2, 0.25) is 0 Å². The molecule has 2 fully saturated rings. The van der Waals surface area contributed by atoms with Crippen LogP contribution in [-0.2, 0) is 0 Å². The van der Waals surface area contributed by atoms with Crippen molar-refractivity contribution in [2.24, 2.45) is 10.9 Å². The largest absolute Gasteiger partial charge is 0.495 e. The van der Waals surface area contributed by atoms with Crippen molar-refractivity contribution >= 4 is 11.6 Å². The van der Waals surface area contributed by atoms with Gasteiger partial charge in [0, 0.05) is 39.8 Å². The van der Waals surface area contributed by atoms with Gasteiger partial charge in [-0.15, -0.1) is 0 Å². The molecule has 1 aliphatic heterocycles. The summed E-state index contributed by atoms with van der Waals surface area (Å²) >= 11 is 0. The number of hydrogen-bond donors (Lipinski definition) is 1. The van der Waals surface area contributed by atoms with Crippen molar-refractivity contribution in [1.82, 2.24) is 10.2 Å². The lowest BCUT2D eigenvalue weighted by Crippen LogP contribution is -2.52. The summed E-state index contributed by atoms with van der Waals surface area (Å²) in [5.41, 5.74) is 1.19. The second-order valence-corrected chi connectivity index (χ2v) is 6.02. The first-order valence-electron chi connectivity index (χ1n) is 8.15. The van der Waals surface area contributed by atoms with E-state index in [0.717, 1.165) is 50.4 Å². The topological polar surface area (TPSA) is 40.1 Å². The first kappa shape index (κ1) is 15.0. The molecule has 5 nitrogen and oxygen atoms in total. The number of methoxy groups -OCH3 is 1. The summed E-state index contributed by atoms with van der Waals surface area (Å²) in [6, 6.07) is 8.25. The first-order chi connectivity index (χ1) is 10.8. The maximum absolute atomic E-state index is 5.47. The lowest BCUT2D eigenvalue weighted by molar-refractivity contribution is 0.366. The fraction of sp³-hybridized carbons (Fsp3) is 0.588. The number of anilines is 1. The van der Waals surface area contributed by atoms with Crippen molar-refractivity contribution in [2.75, 3.05) is 51.8 Å². The van der Waals surface area contributed by atoms with Crippen LogP contribution < -0.4 is 15.0 Å². The van der Waals surface area contributed by atoms with Gasteiger partial charge in [0.1, 0.15) is 5.75 Å². The average Bonchev–Trinajstić information content (AvgIpc) is 3.40. The second-order valence-electron chi connectivity index (χ2n) is 6.02. The number of hydrogen-bond acceptors (Lipinski definition) is 3. The first-order valence-corrected chi connectivity index (χ1v) is 8.15. The normalized spacial score (nSPS) is 19.3. The Morgan fingerprint density at radius 3 is 2.59 bits per heavy atom. The minimum Gasteiger partial charge on any atom is -0.495 e.